The van der Waals surface area contributed by atoms with Gasteiger partial charge >= 0.3 is 0 Å². The lowest BCUT2D eigenvalue weighted by atomic mass is 9.75. The van der Waals surface area contributed by atoms with Crippen LogP contribution in [-0.4, -0.2) is 11.7 Å². The van der Waals surface area contributed by atoms with Crippen molar-refractivity contribution in [2.45, 2.75) is 46.0 Å². The monoisotopic (exact) mass is 170 g/mol. The molecule has 1 nitrogen and oxygen atoms in total. The van der Waals surface area contributed by atoms with Crippen molar-refractivity contribution in [3.63, 3.8) is 0 Å². The van der Waals surface area contributed by atoms with Crippen LogP contribution in [-0.2, 0) is 0 Å². The Morgan fingerprint density at radius 3 is 2.17 bits per heavy atom. The quantitative estimate of drug-likeness (QED) is 0.690. The first-order chi connectivity index (χ1) is 5.75. The topological polar surface area (TPSA) is 20.2 Å². The fourth-order valence-electron chi connectivity index (χ4n) is 2.47. The molecule has 1 N–H and O–H groups in total. The molecule has 0 amide bonds. The van der Waals surface area contributed by atoms with Crippen LogP contribution in [0.25, 0.3) is 0 Å². The molecule has 1 aliphatic rings. The largest absolute Gasteiger partial charge is 0.396 e. The first kappa shape index (κ1) is 10.0. The number of rotatable bonds is 3. The van der Waals surface area contributed by atoms with Crippen LogP contribution < -0.4 is 0 Å². The van der Waals surface area contributed by atoms with Crippen LogP contribution in [0.3, 0.4) is 0 Å². The summed E-state index contributed by atoms with van der Waals surface area (Å²) < 4.78 is 0. The van der Waals surface area contributed by atoms with E-state index in [2.05, 4.69) is 13.8 Å². The SMILES string of the molecule is CC(C)[C@H](CO)C1CCCCC1. The van der Waals surface area contributed by atoms with Crippen molar-refractivity contribution in [2.75, 3.05) is 6.61 Å². The zero-order valence-electron chi connectivity index (χ0n) is 8.42. The predicted octanol–water partition coefficient (Wildman–Crippen LogP) is 2.83. The van der Waals surface area contributed by atoms with E-state index in [4.69, 9.17) is 0 Å². The van der Waals surface area contributed by atoms with Crippen molar-refractivity contribution in [3.05, 3.63) is 0 Å². The molecule has 0 aromatic carbocycles. The average molecular weight is 170 g/mol. The van der Waals surface area contributed by atoms with Crippen LogP contribution in [0.15, 0.2) is 0 Å². The Morgan fingerprint density at radius 1 is 1.17 bits per heavy atom. The Bertz CT molecular complexity index is 114. The van der Waals surface area contributed by atoms with Gasteiger partial charge < -0.3 is 5.11 Å². The summed E-state index contributed by atoms with van der Waals surface area (Å²) in [6.45, 7) is 4.85. The van der Waals surface area contributed by atoms with E-state index in [-0.39, 0.29) is 0 Å². The van der Waals surface area contributed by atoms with Gasteiger partial charge in [0.15, 0.2) is 0 Å². The standard InChI is InChI=1S/C11H22O/c1-9(2)11(8-12)10-6-4-3-5-7-10/h9-12H,3-8H2,1-2H3/t11-/m0/s1. The summed E-state index contributed by atoms with van der Waals surface area (Å²) in [5, 5.41) is 9.25. The Hall–Kier alpha value is -0.0400. The van der Waals surface area contributed by atoms with Crippen molar-refractivity contribution in [2.24, 2.45) is 17.8 Å². The molecule has 1 atom stereocenters. The summed E-state index contributed by atoms with van der Waals surface area (Å²) >= 11 is 0. The highest BCUT2D eigenvalue weighted by molar-refractivity contribution is 4.75. The molecule has 1 aliphatic carbocycles. The number of aliphatic hydroxyl groups is 1. The summed E-state index contributed by atoms with van der Waals surface area (Å²) in [7, 11) is 0. The summed E-state index contributed by atoms with van der Waals surface area (Å²) in [5.41, 5.74) is 0. The Kier molecular flexibility index (Phi) is 4.07. The molecule has 72 valence electrons. The van der Waals surface area contributed by atoms with Crippen molar-refractivity contribution in [1.29, 1.82) is 0 Å². The maximum absolute atomic E-state index is 9.25. The second-order valence-electron chi connectivity index (χ2n) is 4.49. The highest BCUT2D eigenvalue weighted by Gasteiger charge is 2.24. The van der Waals surface area contributed by atoms with E-state index in [9.17, 15) is 5.11 Å². The first-order valence-electron chi connectivity index (χ1n) is 5.36. The second-order valence-corrected chi connectivity index (χ2v) is 4.49. The molecule has 0 heterocycles. The summed E-state index contributed by atoms with van der Waals surface area (Å²) in [6, 6.07) is 0. The van der Waals surface area contributed by atoms with Crippen LogP contribution in [0.5, 0.6) is 0 Å². The van der Waals surface area contributed by atoms with Gasteiger partial charge in [-0.2, -0.15) is 0 Å². The molecule has 0 bridgehead atoms. The third-order valence-corrected chi connectivity index (χ3v) is 3.32. The molecule has 0 spiro atoms. The van der Waals surface area contributed by atoms with E-state index in [1.54, 1.807) is 0 Å². The molecule has 1 rings (SSSR count). The summed E-state index contributed by atoms with van der Waals surface area (Å²) in [6.07, 6.45) is 6.88. The molecule has 0 aromatic heterocycles. The maximum atomic E-state index is 9.25. The minimum Gasteiger partial charge on any atom is -0.396 e. The van der Waals surface area contributed by atoms with Gasteiger partial charge in [0.1, 0.15) is 0 Å². The molecule has 0 aromatic rings. The predicted molar refractivity (Wildman–Crippen MR) is 52.0 cm³/mol. The highest BCUT2D eigenvalue weighted by Crippen LogP contribution is 2.33. The van der Waals surface area contributed by atoms with Gasteiger partial charge in [-0.3, -0.25) is 0 Å². The van der Waals surface area contributed by atoms with Crippen LogP contribution in [0.4, 0.5) is 0 Å². The lowest BCUT2D eigenvalue weighted by Crippen LogP contribution is -2.25. The van der Waals surface area contributed by atoms with Crippen LogP contribution in [0.2, 0.25) is 0 Å². The molecule has 1 saturated carbocycles. The van der Waals surface area contributed by atoms with Crippen molar-refractivity contribution < 1.29 is 5.11 Å². The third-order valence-electron chi connectivity index (χ3n) is 3.32. The van der Waals surface area contributed by atoms with Crippen LogP contribution in [0.1, 0.15) is 46.0 Å². The lowest BCUT2D eigenvalue weighted by Gasteiger charge is -2.31. The van der Waals surface area contributed by atoms with Gasteiger partial charge in [0.05, 0.1) is 0 Å². The van der Waals surface area contributed by atoms with Gasteiger partial charge in [-0.15, -0.1) is 0 Å². The average Bonchev–Trinajstić information content (AvgIpc) is 2.07. The van der Waals surface area contributed by atoms with E-state index in [1.165, 1.54) is 32.1 Å². The van der Waals surface area contributed by atoms with E-state index in [1.807, 2.05) is 0 Å². The van der Waals surface area contributed by atoms with Crippen molar-refractivity contribution in [3.8, 4) is 0 Å². The van der Waals surface area contributed by atoms with E-state index in [0.29, 0.717) is 18.4 Å². The molecule has 1 fully saturated rings. The smallest absolute Gasteiger partial charge is 0.0464 e. The Labute approximate surface area is 76.2 Å². The summed E-state index contributed by atoms with van der Waals surface area (Å²) in [5.74, 6) is 2.02. The van der Waals surface area contributed by atoms with Gasteiger partial charge in [-0.25, -0.2) is 0 Å². The molecule has 0 aliphatic heterocycles. The van der Waals surface area contributed by atoms with E-state index < -0.39 is 0 Å². The molecule has 1 heteroatoms. The molecule has 0 unspecified atom stereocenters. The van der Waals surface area contributed by atoms with Gasteiger partial charge in [0.25, 0.3) is 0 Å². The van der Waals surface area contributed by atoms with Gasteiger partial charge in [-0.05, 0) is 17.8 Å². The van der Waals surface area contributed by atoms with Crippen LogP contribution >= 0.6 is 0 Å². The van der Waals surface area contributed by atoms with Crippen LogP contribution in [0, 0.1) is 17.8 Å². The lowest BCUT2D eigenvalue weighted by molar-refractivity contribution is 0.111. The normalized spacial score (nSPS) is 23.0. The van der Waals surface area contributed by atoms with Gasteiger partial charge in [-0.1, -0.05) is 46.0 Å². The van der Waals surface area contributed by atoms with Crippen molar-refractivity contribution in [1.82, 2.24) is 0 Å². The van der Waals surface area contributed by atoms with Gasteiger partial charge in [0.2, 0.25) is 0 Å². The van der Waals surface area contributed by atoms with E-state index in [0.717, 1.165) is 5.92 Å². The Morgan fingerprint density at radius 2 is 1.75 bits per heavy atom. The maximum Gasteiger partial charge on any atom is 0.0464 e. The molecule has 12 heavy (non-hydrogen) atoms. The summed E-state index contributed by atoms with van der Waals surface area (Å²) in [4.78, 5) is 0. The zero-order valence-corrected chi connectivity index (χ0v) is 8.42. The van der Waals surface area contributed by atoms with Crippen molar-refractivity contribution >= 4 is 0 Å². The molecule has 0 radical (unpaired) electrons. The molecule has 0 saturated heterocycles. The number of hydrogen-bond donors (Lipinski definition) is 1. The second kappa shape index (κ2) is 4.86. The first-order valence-corrected chi connectivity index (χ1v) is 5.36. The van der Waals surface area contributed by atoms with E-state index >= 15 is 0 Å². The number of hydrogen-bond acceptors (Lipinski definition) is 1. The fourth-order valence-corrected chi connectivity index (χ4v) is 2.47. The molecular weight excluding hydrogens is 148 g/mol. The molecular formula is C11H22O. The Balaban J connectivity index is 2.40. The number of aliphatic hydroxyl groups excluding tert-OH is 1. The highest BCUT2D eigenvalue weighted by atomic mass is 16.3. The zero-order chi connectivity index (χ0) is 8.97. The van der Waals surface area contributed by atoms with Gasteiger partial charge in [0, 0.05) is 6.61 Å². The third kappa shape index (κ3) is 2.48. The minimum absolute atomic E-state index is 0.391. The fraction of sp³-hybridized carbons (Fsp3) is 1.00. The minimum atomic E-state index is 0.391.